The lowest BCUT2D eigenvalue weighted by Gasteiger charge is -2.16. The number of nitrogens with zero attached hydrogens (tertiary/aromatic N) is 1. The number of hydrogen-bond donors (Lipinski definition) is 0. The second-order valence-electron chi connectivity index (χ2n) is 4.36. The number of methoxy groups -OCH3 is 1. The Morgan fingerprint density at radius 2 is 1.90 bits per heavy atom. The predicted octanol–water partition coefficient (Wildman–Crippen LogP) is 2.62. The predicted molar refractivity (Wildman–Crippen MR) is 80.8 cm³/mol. The van der Waals surface area contributed by atoms with Crippen molar-refractivity contribution in [2.75, 3.05) is 20.7 Å². The molecule has 0 atom stereocenters. The lowest BCUT2D eigenvalue weighted by atomic mass is 10.1. The molecule has 0 aliphatic heterocycles. The van der Waals surface area contributed by atoms with Crippen molar-refractivity contribution in [3.8, 4) is 5.75 Å². The summed E-state index contributed by atoms with van der Waals surface area (Å²) in [7, 11) is -0.120. The van der Waals surface area contributed by atoms with Crippen molar-refractivity contribution in [2.24, 2.45) is 0 Å². The zero-order chi connectivity index (χ0) is 14.6. The van der Waals surface area contributed by atoms with Gasteiger partial charge in [0.2, 0.25) is 0 Å². The lowest BCUT2D eigenvalue weighted by molar-refractivity contribution is 0.414. The van der Waals surface area contributed by atoms with Crippen LogP contribution in [0, 0.1) is 0 Å². The average Bonchev–Trinajstić information content (AvgIpc) is 3.00. The van der Waals surface area contributed by atoms with Crippen LogP contribution in [0.4, 0.5) is 0 Å². The minimum atomic E-state index is -3.35. The number of ether oxygens (including phenoxy) is 1. The molecule has 1 aromatic carbocycles. The molecule has 1 heterocycles. The first-order valence-corrected chi connectivity index (χ1v) is 8.49. The molecular formula is C14H17NO3S2. The third-order valence-corrected chi connectivity index (χ3v) is 6.26. The van der Waals surface area contributed by atoms with Gasteiger partial charge in [-0.2, -0.15) is 4.31 Å². The van der Waals surface area contributed by atoms with Crippen molar-refractivity contribution < 1.29 is 13.2 Å². The van der Waals surface area contributed by atoms with E-state index in [2.05, 4.69) is 0 Å². The van der Waals surface area contributed by atoms with E-state index in [0.717, 1.165) is 11.3 Å². The second-order valence-corrected chi connectivity index (χ2v) is 7.58. The summed E-state index contributed by atoms with van der Waals surface area (Å²) < 4.78 is 31.3. The Morgan fingerprint density at radius 1 is 1.20 bits per heavy atom. The van der Waals surface area contributed by atoms with E-state index in [4.69, 9.17) is 4.74 Å². The monoisotopic (exact) mass is 311 g/mol. The Bertz CT molecular complexity index is 634. The minimum absolute atomic E-state index is 0.384. The van der Waals surface area contributed by atoms with E-state index >= 15 is 0 Å². The van der Waals surface area contributed by atoms with Crippen LogP contribution in [0.2, 0.25) is 0 Å². The molecule has 0 N–H and O–H groups in total. The van der Waals surface area contributed by atoms with Gasteiger partial charge in [-0.15, -0.1) is 11.3 Å². The zero-order valence-corrected chi connectivity index (χ0v) is 13.1. The van der Waals surface area contributed by atoms with Gasteiger partial charge in [-0.25, -0.2) is 8.42 Å². The largest absolute Gasteiger partial charge is 0.497 e. The Kier molecular flexibility index (Phi) is 4.80. The van der Waals surface area contributed by atoms with Crippen LogP contribution in [0.25, 0.3) is 0 Å². The second kappa shape index (κ2) is 6.39. The molecule has 20 heavy (non-hydrogen) atoms. The quantitative estimate of drug-likeness (QED) is 0.824. The van der Waals surface area contributed by atoms with Gasteiger partial charge in [-0.05, 0) is 35.6 Å². The van der Waals surface area contributed by atoms with Gasteiger partial charge >= 0.3 is 0 Å². The van der Waals surface area contributed by atoms with E-state index in [1.165, 1.54) is 15.6 Å². The summed E-state index contributed by atoms with van der Waals surface area (Å²) in [4.78, 5) is 0. The maximum Gasteiger partial charge on any atom is 0.252 e. The number of benzene rings is 1. The summed E-state index contributed by atoms with van der Waals surface area (Å²) in [6.07, 6.45) is 0.672. The molecule has 108 valence electrons. The number of hydrogen-bond acceptors (Lipinski definition) is 4. The number of likely N-dealkylation sites (N-methyl/N-ethyl adjacent to an activating group) is 1. The summed E-state index contributed by atoms with van der Waals surface area (Å²) in [6, 6.07) is 11.0. The summed E-state index contributed by atoms with van der Waals surface area (Å²) >= 11 is 1.24. The molecule has 6 heteroatoms. The van der Waals surface area contributed by atoms with Gasteiger partial charge in [-0.3, -0.25) is 0 Å². The van der Waals surface area contributed by atoms with Gasteiger partial charge in [0.05, 0.1) is 7.11 Å². The molecule has 0 fully saturated rings. The van der Waals surface area contributed by atoms with Crippen molar-refractivity contribution in [1.29, 1.82) is 0 Å². The fraction of sp³-hybridized carbons (Fsp3) is 0.286. The van der Waals surface area contributed by atoms with Crippen LogP contribution >= 0.6 is 11.3 Å². The molecule has 0 spiro atoms. The smallest absolute Gasteiger partial charge is 0.252 e. The first-order valence-electron chi connectivity index (χ1n) is 6.17. The van der Waals surface area contributed by atoms with E-state index in [1.54, 1.807) is 31.7 Å². The molecule has 2 rings (SSSR count). The molecule has 0 amide bonds. The van der Waals surface area contributed by atoms with Crippen LogP contribution in [0.15, 0.2) is 46.0 Å². The molecule has 0 saturated carbocycles. The van der Waals surface area contributed by atoms with Crippen LogP contribution in [0.5, 0.6) is 5.75 Å². The first-order chi connectivity index (χ1) is 9.54. The van der Waals surface area contributed by atoms with Crippen LogP contribution in [-0.2, 0) is 16.4 Å². The van der Waals surface area contributed by atoms with Crippen molar-refractivity contribution in [3.63, 3.8) is 0 Å². The molecule has 0 aliphatic rings. The van der Waals surface area contributed by atoms with Gasteiger partial charge in [-0.1, -0.05) is 18.2 Å². The molecule has 0 radical (unpaired) electrons. The minimum Gasteiger partial charge on any atom is -0.497 e. The van der Waals surface area contributed by atoms with Crippen LogP contribution in [0.3, 0.4) is 0 Å². The van der Waals surface area contributed by atoms with E-state index in [-0.39, 0.29) is 0 Å². The first kappa shape index (κ1) is 15.0. The topological polar surface area (TPSA) is 46.6 Å². The highest BCUT2D eigenvalue weighted by Crippen LogP contribution is 2.20. The van der Waals surface area contributed by atoms with Gasteiger partial charge in [0.1, 0.15) is 9.96 Å². The average molecular weight is 311 g/mol. The molecule has 0 saturated heterocycles. The van der Waals surface area contributed by atoms with Crippen LogP contribution in [-0.4, -0.2) is 33.4 Å². The normalized spacial score (nSPS) is 11.8. The summed E-state index contributed by atoms with van der Waals surface area (Å²) in [6.45, 7) is 0.451. The summed E-state index contributed by atoms with van der Waals surface area (Å²) in [5.74, 6) is 0.799. The third kappa shape index (κ3) is 3.39. The van der Waals surface area contributed by atoms with Gasteiger partial charge < -0.3 is 4.74 Å². The lowest BCUT2D eigenvalue weighted by Crippen LogP contribution is -2.28. The highest BCUT2D eigenvalue weighted by Gasteiger charge is 2.21. The fourth-order valence-electron chi connectivity index (χ4n) is 1.76. The Labute approximate surface area is 123 Å². The van der Waals surface area contributed by atoms with Crippen LogP contribution in [0.1, 0.15) is 5.56 Å². The van der Waals surface area contributed by atoms with E-state index in [1.807, 2.05) is 24.3 Å². The molecule has 0 aliphatic carbocycles. The third-order valence-electron chi connectivity index (χ3n) is 3.03. The number of thiophene rings is 1. The van der Waals surface area contributed by atoms with Crippen molar-refractivity contribution in [3.05, 3.63) is 47.3 Å². The van der Waals surface area contributed by atoms with E-state index in [9.17, 15) is 8.42 Å². The molecule has 0 unspecified atom stereocenters. The van der Waals surface area contributed by atoms with Crippen molar-refractivity contribution >= 4 is 21.4 Å². The van der Waals surface area contributed by atoms with Crippen molar-refractivity contribution in [1.82, 2.24) is 4.31 Å². The van der Waals surface area contributed by atoms with E-state index in [0.29, 0.717) is 17.2 Å². The number of rotatable bonds is 6. The molecule has 4 nitrogen and oxygen atoms in total. The zero-order valence-electron chi connectivity index (χ0n) is 11.4. The van der Waals surface area contributed by atoms with Gasteiger partial charge in [0.25, 0.3) is 10.0 Å². The summed E-state index contributed by atoms with van der Waals surface area (Å²) in [5.41, 5.74) is 1.08. The Hall–Kier alpha value is -1.37. The highest BCUT2D eigenvalue weighted by atomic mass is 32.2. The highest BCUT2D eigenvalue weighted by molar-refractivity contribution is 7.91. The van der Waals surface area contributed by atoms with Gasteiger partial charge in [0, 0.05) is 13.6 Å². The standard InChI is InChI=1S/C14H17NO3S2/c1-15(20(16,17)14-4-3-11-19-14)10-9-12-5-7-13(18-2)8-6-12/h3-8,11H,9-10H2,1-2H3. The maximum absolute atomic E-state index is 12.2. The fourth-order valence-corrected chi connectivity index (χ4v) is 4.14. The molecule has 0 bridgehead atoms. The van der Waals surface area contributed by atoms with E-state index < -0.39 is 10.0 Å². The molecular weight excluding hydrogens is 294 g/mol. The van der Waals surface area contributed by atoms with Gasteiger partial charge in [0.15, 0.2) is 0 Å². The summed E-state index contributed by atoms with van der Waals surface area (Å²) in [5, 5.41) is 1.77. The Balaban J connectivity index is 1.99. The molecule has 2 aromatic rings. The molecule has 1 aromatic heterocycles. The number of sulfonamides is 1. The SMILES string of the molecule is COc1ccc(CCN(C)S(=O)(=O)c2cccs2)cc1. The maximum atomic E-state index is 12.2. The van der Waals surface area contributed by atoms with Crippen LogP contribution < -0.4 is 4.74 Å². The van der Waals surface area contributed by atoms with Crippen molar-refractivity contribution in [2.45, 2.75) is 10.6 Å². The Morgan fingerprint density at radius 3 is 2.45 bits per heavy atom.